The SMILES string of the molecule is CCc1ncc(CNCC2COc3ccccc3O2)s1. The van der Waals surface area contributed by atoms with Gasteiger partial charge in [-0.3, -0.25) is 0 Å². The average molecular weight is 290 g/mol. The van der Waals surface area contributed by atoms with E-state index in [1.54, 1.807) is 11.3 Å². The van der Waals surface area contributed by atoms with Crippen molar-refractivity contribution in [3.05, 3.63) is 40.3 Å². The summed E-state index contributed by atoms with van der Waals surface area (Å²) >= 11 is 1.76. The fourth-order valence-corrected chi connectivity index (χ4v) is 2.95. The van der Waals surface area contributed by atoms with Gasteiger partial charge in [-0.15, -0.1) is 11.3 Å². The summed E-state index contributed by atoms with van der Waals surface area (Å²) in [5.41, 5.74) is 0. The summed E-state index contributed by atoms with van der Waals surface area (Å²) in [6, 6.07) is 7.79. The number of hydrogen-bond acceptors (Lipinski definition) is 5. The van der Waals surface area contributed by atoms with Crippen LogP contribution in [0.2, 0.25) is 0 Å². The summed E-state index contributed by atoms with van der Waals surface area (Å²) in [7, 11) is 0. The summed E-state index contributed by atoms with van der Waals surface area (Å²) in [5, 5.41) is 4.59. The quantitative estimate of drug-likeness (QED) is 0.919. The first-order valence-electron chi connectivity index (χ1n) is 6.88. The number of hydrogen-bond donors (Lipinski definition) is 1. The third-order valence-electron chi connectivity index (χ3n) is 3.14. The highest BCUT2D eigenvalue weighted by Crippen LogP contribution is 2.30. The summed E-state index contributed by atoms with van der Waals surface area (Å²) in [5.74, 6) is 1.66. The summed E-state index contributed by atoms with van der Waals surface area (Å²) in [4.78, 5) is 5.62. The maximum Gasteiger partial charge on any atom is 0.161 e. The van der Waals surface area contributed by atoms with E-state index in [9.17, 15) is 0 Å². The molecule has 4 nitrogen and oxygen atoms in total. The van der Waals surface area contributed by atoms with Gasteiger partial charge in [0.1, 0.15) is 12.7 Å². The Morgan fingerprint density at radius 3 is 3.00 bits per heavy atom. The molecule has 3 rings (SSSR count). The number of thiazole rings is 1. The molecule has 1 aliphatic heterocycles. The predicted octanol–water partition coefficient (Wildman–Crippen LogP) is 2.64. The van der Waals surface area contributed by atoms with E-state index in [0.29, 0.717) is 6.61 Å². The molecule has 1 aliphatic rings. The van der Waals surface area contributed by atoms with Gasteiger partial charge in [0.15, 0.2) is 11.5 Å². The van der Waals surface area contributed by atoms with Gasteiger partial charge in [0.2, 0.25) is 0 Å². The number of aryl methyl sites for hydroxylation is 1. The molecule has 0 bridgehead atoms. The monoisotopic (exact) mass is 290 g/mol. The second-order valence-electron chi connectivity index (χ2n) is 4.70. The number of para-hydroxylation sites is 2. The van der Waals surface area contributed by atoms with E-state index in [1.165, 1.54) is 9.88 Å². The molecule has 1 aromatic heterocycles. The lowest BCUT2D eigenvalue weighted by atomic mass is 10.2. The zero-order valence-corrected chi connectivity index (χ0v) is 12.3. The first-order valence-corrected chi connectivity index (χ1v) is 7.69. The highest BCUT2D eigenvalue weighted by Gasteiger charge is 2.19. The minimum Gasteiger partial charge on any atom is -0.486 e. The number of nitrogens with zero attached hydrogens (tertiary/aromatic N) is 1. The van der Waals surface area contributed by atoms with E-state index in [-0.39, 0.29) is 6.10 Å². The summed E-state index contributed by atoms with van der Waals surface area (Å²) in [6.07, 6.45) is 3.01. The van der Waals surface area contributed by atoms with E-state index in [0.717, 1.165) is 31.0 Å². The second kappa shape index (κ2) is 6.24. The zero-order valence-electron chi connectivity index (χ0n) is 11.5. The minimum atomic E-state index is 0.0588. The maximum atomic E-state index is 5.90. The van der Waals surface area contributed by atoms with Crippen molar-refractivity contribution in [3.63, 3.8) is 0 Å². The summed E-state index contributed by atoms with van der Waals surface area (Å²) in [6.45, 7) is 4.32. The molecule has 0 amide bonds. The lowest BCUT2D eigenvalue weighted by molar-refractivity contribution is 0.0903. The molecule has 1 aromatic carbocycles. The van der Waals surface area contributed by atoms with Crippen LogP contribution < -0.4 is 14.8 Å². The van der Waals surface area contributed by atoms with Gasteiger partial charge < -0.3 is 14.8 Å². The van der Waals surface area contributed by atoms with Crippen LogP contribution in [-0.4, -0.2) is 24.2 Å². The Kier molecular flexibility index (Phi) is 4.18. The molecule has 0 aliphatic carbocycles. The van der Waals surface area contributed by atoms with Crippen molar-refractivity contribution >= 4 is 11.3 Å². The van der Waals surface area contributed by atoms with Crippen LogP contribution in [-0.2, 0) is 13.0 Å². The van der Waals surface area contributed by atoms with Crippen molar-refractivity contribution < 1.29 is 9.47 Å². The highest BCUT2D eigenvalue weighted by molar-refractivity contribution is 7.11. The molecule has 0 spiro atoms. The second-order valence-corrected chi connectivity index (χ2v) is 5.90. The van der Waals surface area contributed by atoms with E-state index in [2.05, 4.69) is 17.2 Å². The zero-order chi connectivity index (χ0) is 13.8. The number of ether oxygens (including phenoxy) is 2. The van der Waals surface area contributed by atoms with Crippen LogP contribution in [0.5, 0.6) is 11.5 Å². The molecule has 1 unspecified atom stereocenters. The number of fused-ring (bicyclic) bond motifs is 1. The first kappa shape index (κ1) is 13.4. The molecule has 1 N–H and O–H groups in total. The van der Waals surface area contributed by atoms with Crippen LogP contribution in [0.4, 0.5) is 0 Å². The largest absolute Gasteiger partial charge is 0.486 e. The fraction of sp³-hybridized carbons (Fsp3) is 0.400. The standard InChI is InChI=1S/C15H18N2O2S/c1-2-15-17-9-12(20-15)8-16-7-11-10-18-13-5-3-4-6-14(13)19-11/h3-6,9,11,16H,2,7-8,10H2,1H3. The topological polar surface area (TPSA) is 43.4 Å². The third kappa shape index (κ3) is 3.11. The molecular weight excluding hydrogens is 272 g/mol. The van der Waals surface area contributed by atoms with Crippen LogP contribution in [0, 0.1) is 0 Å². The van der Waals surface area contributed by atoms with Crippen LogP contribution in [0.25, 0.3) is 0 Å². The molecule has 2 aromatic rings. The van der Waals surface area contributed by atoms with Gasteiger partial charge in [0, 0.05) is 24.2 Å². The van der Waals surface area contributed by atoms with Crippen LogP contribution in [0.3, 0.4) is 0 Å². The molecule has 1 atom stereocenters. The first-order chi connectivity index (χ1) is 9.85. The van der Waals surface area contributed by atoms with Crippen LogP contribution in [0.1, 0.15) is 16.8 Å². The molecular formula is C15H18N2O2S. The molecule has 0 radical (unpaired) electrons. The van der Waals surface area contributed by atoms with Gasteiger partial charge >= 0.3 is 0 Å². The van der Waals surface area contributed by atoms with Gasteiger partial charge in [-0.05, 0) is 18.6 Å². The maximum absolute atomic E-state index is 5.90. The Bertz CT molecular complexity index is 571. The molecule has 5 heteroatoms. The Balaban J connectivity index is 1.48. The average Bonchev–Trinajstić information content (AvgIpc) is 2.95. The van der Waals surface area contributed by atoms with Crippen molar-refractivity contribution in [2.75, 3.05) is 13.2 Å². The van der Waals surface area contributed by atoms with Crippen LogP contribution >= 0.6 is 11.3 Å². The Morgan fingerprint density at radius 1 is 1.35 bits per heavy atom. The molecule has 0 saturated carbocycles. The molecule has 106 valence electrons. The van der Waals surface area contributed by atoms with E-state index in [1.807, 2.05) is 30.5 Å². The molecule has 20 heavy (non-hydrogen) atoms. The Morgan fingerprint density at radius 2 is 2.20 bits per heavy atom. The Labute approximate surface area is 122 Å². The van der Waals surface area contributed by atoms with Crippen molar-refractivity contribution in [1.29, 1.82) is 0 Å². The van der Waals surface area contributed by atoms with Gasteiger partial charge in [-0.1, -0.05) is 19.1 Å². The van der Waals surface area contributed by atoms with Crippen molar-refractivity contribution in [3.8, 4) is 11.5 Å². The number of benzene rings is 1. The highest BCUT2D eigenvalue weighted by atomic mass is 32.1. The smallest absolute Gasteiger partial charge is 0.161 e. The van der Waals surface area contributed by atoms with E-state index >= 15 is 0 Å². The van der Waals surface area contributed by atoms with E-state index in [4.69, 9.17) is 9.47 Å². The lowest BCUT2D eigenvalue weighted by Crippen LogP contribution is -2.38. The van der Waals surface area contributed by atoms with E-state index < -0.39 is 0 Å². The number of aromatic nitrogens is 1. The van der Waals surface area contributed by atoms with Crippen molar-refractivity contribution in [2.24, 2.45) is 0 Å². The predicted molar refractivity (Wildman–Crippen MR) is 79.6 cm³/mol. The Hall–Kier alpha value is -1.59. The van der Waals surface area contributed by atoms with Crippen molar-refractivity contribution in [2.45, 2.75) is 26.0 Å². The van der Waals surface area contributed by atoms with Gasteiger partial charge in [-0.25, -0.2) is 4.98 Å². The lowest BCUT2D eigenvalue weighted by Gasteiger charge is -2.26. The fourth-order valence-electron chi connectivity index (χ4n) is 2.11. The minimum absolute atomic E-state index is 0.0588. The van der Waals surface area contributed by atoms with Crippen LogP contribution in [0.15, 0.2) is 30.5 Å². The number of nitrogens with one attached hydrogen (secondary N) is 1. The molecule has 0 saturated heterocycles. The van der Waals surface area contributed by atoms with Gasteiger partial charge in [0.05, 0.1) is 5.01 Å². The van der Waals surface area contributed by atoms with Crippen molar-refractivity contribution in [1.82, 2.24) is 10.3 Å². The molecule has 0 fully saturated rings. The van der Waals surface area contributed by atoms with Gasteiger partial charge in [-0.2, -0.15) is 0 Å². The van der Waals surface area contributed by atoms with Gasteiger partial charge in [0.25, 0.3) is 0 Å². The molecule has 2 heterocycles. The summed E-state index contributed by atoms with van der Waals surface area (Å²) < 4.78 is 11.6. The third-order valence-corrected chi connectivity index (χ3v) is 4.28. The number of rotatable bonds is 5. The normalized spacial score (nSPS) is 17.1.